The fraction of sp³-hybridized carbons (Fsp3) is 0.360. The minimum atomic E-state index is -1.84. The molecule has 6 heteroatoms. The van der Waals surface area contributed by atoms with Crippen LogP contribution in [0, 0.1) is 20.8 Å². The van der Waals surface area contributed by atoms with Crippen molar-refractivity contribution in [1.82, 2.24) is 4.57 Å². The first-order valence-electron chi connectivity index (χ1n) is 10.4. The van der Waals surface area contributed by atoms with Gasteiger partial charge in [-0.1, -0.05) is 59.7 Å². The van der Waals surface area contributed by atoms with E-state index in [1.165, 1.54) is 5.82 Å². The summed E-state index contributed by atoms with van der Waals surface area (Å²) in [5.41, 5.74) is 1.14. The Kier molecular flexibility index (Phi) is 8.60. The lowest BCUT2D eigenvalue weighted by molar-refractivity contribution is -0.699. The number of benzene rings is 2. The first kappa shape index (κ1) is 24.8. The molecule has 3 aromatic rings. The van der Waals surface area contributed by atoms with Crippen molar-refractivity contribution in [3.05, 3.63) is 89.0 Å². The Morgan fingerprint density at radius 3 is 2.13 bits per heavy atom. The molecule has 1 heterocycles. The molecule has 0 unspecified atom stereocenters. The minimum Gasteiger partial charge on any atom is -1.00 e. The largest absolute Gasteiger partial charge is 1.00 e. The predicted octanol–water partition coefficient (Wildman–Crippen LogP) is 0.594. The summed E-state index contributed by atoms with van der Waals surface area (Å²) in [6, 6.07) is 14.8. The number of hydrogen-bond donors (Lipinski definition) is 1. The van der Waals surface area contributed by atoms with E-state index in [0.717, 1.165) is 24.2 Å². The van der Waals surface area contributed by atoms with Gasteiger partial charge in [0, 0.05) is 13.3 Å². The molecule has 5 nitrogen and oxygen atoms in total. The van der Waals surface area contributed by atoms with E-state index >= 15 is 0 Å². The van der Waals surface area contributed by atoms with E-state index in [0.29, 0.717) is 17.5 Å². The molecule has 166 valence electrons. The Morgan fingerprint density at radius 1 is 1.06 bits per heavy atom. The SMILES string of the molecule is CC[n+]1ccn(CCCOC(=O)C(O)(c2cccc(C)c2)c2cccc(C)c2)c1C.[Br-]. The summed E-state index contributed by atoms with van der Waals surface area (Å²) in [6.45, 7) is 9.97. The summed E-state index contributed by atoms with van der Waals surface area (Å²) in [7, 11) is 0. The number of imidazole rings is 1. The summed E-state index contributed by atoms with van der Waals surface area (Å²) in [6.07, 6.45) is 4.76. The van der Waals surface area contributed by atoms with Crippen molar-refractivity contribution in [2.75, 3.05) is 6.61 Å². The zero-order chi connectivity index (χ0) is 21.7. The van der Waals surface area contributed by atoms with Gasteiger partial charge in [-0.2, -0.15) is 0 Å². The van der Waals surface area contributed by atoms with Gasteiger partial charge in [0.1, 0.15) is 12.4 Å². The van der Waals surface area contributed by atoms with Crippen LogP contribution in [0.3, 0.4) is 0 Å². The average Bonchev–Trinajstić information content (AvgIpc) is 3.09. The van der Waals surface area contributed by atoms with Crippen molar-refractivity contribution >= 4 is 5.97 Å². The molecule has 31 heavy (non-hydrogen) atoms. The maximum atomic E-state index is 13.1. The van der Waals surface area contributed by atoms with Gasteiger partial charge < -0.3 is 26.8 Å². The van der Waals surface area contributed by atoms with E-state index in [9.17, 15) is 9.90 Å². The van der Waals surface area contributed by atoms with Crippen LogP contribution in [0.15, 0.2) is 60.9 Å². The number of carbonyl (C=O) groups is 1. The number of aliphatic hydroxyl groups is 1. The van der Waals surface area contributed by atoms with Gasteiger partial charge in [-0.25, -0.2) is 13.9 Å². The van der Waals surface area contributed by atoms with E-state index in [1.54, 1.807) is 12.1 Å². The molecule has 0 amide bonds. The second kappa shape index (κ2) is 10.7. The standard InChI is InChI=1S/C25H31N2O3.BrH/c1-5-26-14-15-27(21(26)4)13-8-16-30-24(28)25(29,22-11-6-9-19(2)17-22)23-12-7-10-20(3)18-23;/h6-7,9-12,14-15,17-18,29H,5,8,13,16H2,1-4H3;1H/q+1;/p-1. The average molecular weight is 487 g/mol. The second-order valence-electron chi connectivity index (χ2n) is 7.76. The second-order valence-corrected chi connectivity index (χ2v) is 7.76. The first-order valence-corrected chi connectivity index (χ1v) is 10.4. The lowest BCUT2D eigenvalue weighted by atomic mass is 9.85. The fourth-order valence-corrected chi connectivity index (χ4v) is 3.76. The summed E-state index contributed by atoms with van der Waals surface area (Å²) in [5.74, 6) is 0.520. The minimum absolute atomic E-state index is 0. The number of aromatic nitrogens is 2. The van der Waals surface area contributed by atoms with Crippen LogP contribution in [-0.2, 0) is 28.2 Å². The van der Waals surface area contributed by atoms with Crippen LogP contribution in [0.4, 0.5) is 0 Å². The van der Waals surface area contributed by atoms with E-state index < -0.39 is 11.6 Å². The molecule has 0 spiro atoms. The van der Waals surface area contributed by atoms with Gasteiger partial charge in [0.2, 0.25) is 5.60 Å². The highest BCUT2D eigenvalue weighted by molar-refractivity contribution is 5.85. The Morgan fingerprint density at radius 2 is 1.65 bits per heavy atom. The third-order valence-electron chi connectivity index (χ3n) is 5.54. The maximum Gasteiger partial charge on any atom is 0.347 e. The Bertz CT molecular complexity index is 984. The molecule has 0 fully saturated rings. The number of esters is 1. The number of nitrogens with zero attached hydrogens (tertiary/aromatic N) is 2. The number of hydrogen-bond acceptors (Lipinski definition) is 3. The first-order chi connectivity index (χ1) is 14.4. The maximum absolute atomic E-state index is 13.1. The summed E-state index contributed by atoms with van der Waals surface area (Å²) in [5, 5.41) is 11.6. The van der Waals surface area contributed by atoms with Crippen molar-refractivity contribution in [3.63, 3.8) is 0 Å². The molecular weight excluding hydrogens is 456 g/mol. The number of rotatable bonds is 8. The molecule has 1 aromatic heterocycles. The van der Waals surface area contributed by atoms with Crippen molar-refractivity contribution in [1.29, 1.82) is 0 Å². The van der Waals surface area contributed by atoms with Crippen molar-refractivity contribution in [2.45, 2.75) is 52.8 Å². The molecule has 0 bridgehead atoms. The van der Waals surface area contributed by atoms with Gasteiger partial charge in [0.15, 0.2) is 0 Å². The lowest BCUT2D eigenvalue weighted by Crippen LogP contribution is -3.00. The molecule has 0 saturated carbocycles. The van der Waals surface area contributed by atoms with Crippen LogP contribution in [0.2, 0.25) is 0 Å². The lowest BCUT2D eigenvalue weighted by Gasteiger charge is -2.27. The van der Waals surface area contributed by atoms with Crippen molar-refractivity contribution in [2.24, 2.45) is 0 Å². The Labute approximate surface area is 195 Å². The quantitative estimate of drug-likeness (QED) is 0.288. The van der Waals surface area contributed by atoms with Crippen molar-refractivity contribution < 1.29 is 36.2 Å². The Hall–Kier alpha value is -2.44. The molecular formula is C25H31BrN2O3. The summed E-state index contributed by atoms with van der Waals surface area (Å²) >= 11 is 0. The third-order valence-corrected chi connectivity index (χ3v) is 5.54. The van der Waals surface area contributed by atoms with Crippen LogP contribution in [0.5, 0.6) is 0 Å². The number of ether oxygens (including phenoxy) is 1. The monoisotopic (exact) mass is 486 g/mol. The molecule has 0 radical (unpaired) electrons. The smallest absolute Gasteiger partial charge is 0.347 e. The zero-order valence-electron chi connectivity index (χ0n) is 18.6. The molecule has 2 aromatic carbocycles. The molecule has 0 aliphatic rings. The van der Waals surface area contributed by atoms with Gasteiger partial charge in [0.25, 0.3) is 5.82 Å². The Balaban J connectivity index is 0.00000341. The summed E-state index contributed by atoms with van der Waals surface area (Å²) in [4.78, 5) is 13.1. The zero-order valence-corrected chi connectivity index (χ0v) is 20.2. The van der Waals surface area contributed by atoms with Gasteiger partial charge in [-0.05, 0) is 31.9 Å². The van der Waals surface area contributed by atoms with Crippen LogP contribution < -0.4 is 21.5 Å². The number of halogens is 1. The van der Waals surface area contributed by atoms with Crippen LogP contribution >= 0.6 is 0 Å². The van der Waals surface area contributed by atoms with E-state index in [-0.39, 0.29) is 23.6 Å². The number of aryl methyl sites for hydroxylation is 4. The van der Waals surface area contributed by atoms with Gasteiger partial charge >= 0.3 is 5.97 Å². The normalized spacial score (nSPS) is 11.1. The highest BCUT2D eigenvalue weighted by atomic mass is 79.9. The molecule has 0 aliphatic heterocycles. The topological polar surface area (TPSA) is 55.3 Å². The van der Waals surface area contributed by atoms with Crippen LogP contribution in [0.25, 0.3) is 0 Å². The third kappa shape index (κ3) is 5.43. The van der Waals surface area contributed by atoms with E-state index in [2.05, 4.69) is 29.2 Å². The molecule has 1 N–H and O–H groups in total. The van der Waals surface area contributed by atoms with Gasteiger partial charge in [-0.15, -0.1) is 0 Å². The van der Waals surface area contributed by atoms with E-state index in [1.807, 2.05) is 56.4 Å². The number of carbonyl (C=O) groups excluding carboxylic acids is 1. The van der Waals surface area contributed by atoms with Crippen molar-refractivity contribution in [3.8, 4) is 0 Å². The predicted molar refractivity (Wildman–Crippen MR) is 116 cm³/mol. The van der Waals surface area contributed by atoms with Gasteiger partial charge in [-0.3, -0.25) is 0 Å². The highest BCUT2D eigenvalue weighted by Gasteiger charge is 2.41. The summed E-state index contributed by atoms with van der Waals surface area (Å²) < 4.78 is 9.89. The van der Waals surface area contributed by atoms with Gasteiger partial charge in [0.05, 0.1) is 19.7 Å². The fourth-order valence-electron chi connectivity index (χ4n) is 3.76. The molecule has 0 saturated heterocycles. The molecule has 0 aliphatic carbocycles. The van der Waals surface area contributed by atoms with Crippen LogP contribution in [0.1, 0.15) is 41.4 Å². The van der Waals surface area contributed by atoms with E-state index in [4.69, 9.17) is 4.74 Å². The highest BCUT2D eigenvalue weighted by Crippen LogP contribution is 2.32. The molecule has 0 atom stereocenters. The molecule has 3 rings (SSSR count). The van der Waals surface area contributed by atoms with Crippen LogP contribution in [-0.4, -0.2) is 22.2 Å².